The third-order valence-electron chi connectivity index (χ3n) is 4.46. The Labute approximate surface area is 169 Å². The van der Waals surface area contributed by atoms with Crippen LogP contribution in [0.4, 0.5) is 25.0 Å². The van der Waals surface area contributed by atoms with E-state index in [0.717, 1.165) is 27.2 Å². The molecular weight excluding hydrogens is 398 g/mol. The number of aromatic nitrogens is 1. The Morgan fingerprint density at radius 2 is 2.07 bits per heavy atom. The second kappa shape index (κ2) is 7.59. The SMILES string of the molecule is Cc1nc(-c2cccc(NC(=O)c3cc(N4CCNC4=O)c(F)cc3F)c2)cs1. The summed E-state index contributed by atoms with van der Waals surface area (Å²) in [7, 11) is 0. The number of carbonyl (C=O) groups is 2. The Bertz CT molecular complexity index is 1120. The van der Waals surface area contributed by atoms with Gasteiger partial charge in [0.25, 0.3) is 5.91 Å². The van der Waals surface area contributed by atoms with E-state index >= 15 is 0 Å². The molecule has 0 unspecified atom stereocenters. The summed E-state index contributed by atoms with van der Waals surface area (Å²) in [5.74, 6) is -2.65. The van der Waals surface area contributed by atoms with E-state index in [-0.39, 0.29) is 17.8 Å². The van der Waals surface area contributed by atoms with Gasteiger partial charge in [-0.15, -0.1) is 11.3 Å². The molecule has 148 valence electrons. The van der Waals surface area contributed by atoms with Gasteiger partial charge in [-0.25, -0.2) is 18.6 Å². The summed E-state index contributed by atoms with van der Waals surface area (Å²) in [6.45, 7) is 2.48. The number of nitrogens with one attached hydrogen (secondary N) is 2. The van der Waals surface area contributed by atoms with E-state index in [2.05, 4.69) is 15.6 Å². The number of hydrogen-bond donors (Lipinski definition) is 2. The van der Waals surface area contributed by atoms with E-state index < -0.39 is 23.6 Å². The van der Waals surface area contributed by atoms with Gasteiger partial charge in [0.2, 0.25) is 0 Å². The number of amides is 3. The van der Waals surface area contributed by atoms with E-state index in [0.29, 0.717) is 18.3 Å². The predicted octanol–water partition coefficient (Wildman–Crippen LogP) is 4.18. The van der Waals surface area contributed by atoms with Crippen molar-refractivity contribution in [2.75, 3.05) is 23.3 Å². The fourth-order valence-electron chi connectivity index (χ4n) is 3.07. The first-order chi connectivity index (χ1) is 13.9. The van der Waals surface area contributed by atoms with Crippen LogP contribution in [0.25, 0.3) is 11.3 Å². The molecule has 3 aromatic rings. The van der Waals surface area contributed by atoms with Crippen molar-refractivity contribution in [1.29, 1.82) is 0 Å². The van der Waals surface area contributed by atoms with Crippen LogP contribution >= 0.6 is 11.3 Å². The smallest absolute Gasteiger partial charge is 0.322 e. The maximum atomic E-state index is 14.3. The Hall–Kier alpha value is -3.33. The van der Waals surface area contributed by atoms with Crippen LogP contribution in [0.15, 0.2) is 41.8 Å². The van der Waals surface area contributed by atoms with Gasteiger partial charge in [0, 0.05) is 35.8 Å². The van der Waals surface area contributed by atoms with Gasteiger partial charge in [-0.05, 0) is 25.1 Å². The molecule has 6 nitrogen and oxygen atoms in total. The Balaban J connectivity index is 1.61. The maximum absolute atomic E-state index is 14.3. The van der Waals surface area contributed by atoms with Crippen molar-refractivity contribution in [3.8, 4) is 11.3 Å². The minimum atomic E-state index is -1.00. The summed E-state index contributed by atoms with van der Waals surface area (Å²) in [6.07, 6.45) is 0. The van der Waals surface area contributed by atoms with Crippen molar-refractivity contribution in [3.63, 3.8) is 0 Å². The maximum Gasteiger partial charge on any atom is 0.322 e. The molecule has 0 atom stereocenters. The lowest BCUT2D eigenvalue weighted by molar-refractivity contribution is 0.102. The van der Waals surface area contributed by atoms with Crippen LogP contribution < -0.4 is 15.5 Å². The molecule has 0 bridgehead atoms. The van der Waals surface area contributed by atoms with E-state index in [9.17, 15) is 18.4 Å². The molecule has 4 rings (SSSR count). The van der Waals surface area contributed by atoms with Gasteiger partial charge >= 0.3 is 6.03 Å². The average molecular weight is 414 g/mol. The largest absolute Gasteiger partial charge is 0.336 e. The average Bonchev–Trinajstić information content (AvgIpc) is 3.30. The minimum Gasteiger partial charge on any atom is -0.336 e. The number of carbonyl (C=O) groups excluding carboxylic acids is 2. The molecule has 1 fully saturated rings. The van der Waals surface area contributed by atoms with Crippen LogP contribution in [0.1, 0.15) is 15.4 Å². The van der Waals surface area contributed by atoms with Crippen LogP contribution in [-0.4, -0.2) is 30.0 Å². The Morgan fingerprint density at radius 3 is 2.76 bits per heavy atom. The number of anilines is 2. The molecule has 1 aromatic heterocycles. The van der Waals surface area contributed by atoms with Gasteiger partial charge in [-0.1, -0.05) is 12.1 Å². The molecule has 0 spiro atoms. The van der Waals surface area contributed by atoms with Gasteiger partial charge in [0.15, 0.2) is 0 Å². The minimum absolute atomic E-state index is 0.141. The fraction of sp³-hybridized carbons (Fsp3) is 0.150. The molecular formula is C20H16F2N4O2S. The van der Waals surface area contributed by atoms with Crippen LogP contribution in [0, 0.1) is 18.6 Å². The molecule has 1 aliphatic rings. The molecule has 2 heterocycles. The highest BCUT2D eigenvalue weighted by Gasteiger charge is 2.26. The van der Waals surface area contributed by atoms with E-state index in [1.54, 1.807) is 18.2 Å². The number of halogens is 2. The van der Waals surface area contributed by atoms with Gasteiger partial charge < -0.3 is 10.6 Å². The quantitative estimate of drug-likeness (QED) is 0.673. The third-order valence-corrected chi connectivity index (χ3v) is 5.24. The standard InChI is InChI=1S/C20H16F2N4O2S/c1-11-24-17(10-29-11)12-3-2-4-13(7-12)25-19(27)14-8-18(16(22)9-15(14)21)26-6-5-23-20(26)28/h2-4,7-10H,5-6H2,1H3,(H,23,28)(H,25,27). The fourth-order valence-corrected chi connectivity index (χ4v) is 3.69. The van der Waals surface area contributed by atoms with Gasteiger partial charge in [-0.3, -0.25) is 9.69 Å². The topological polar surface area (TPSA) is 74.3 Å². The highest BCUT2D eigenvalue weighted by atomic mass is 32.1. The zero-order valence-corrected chi connectivity index (χ0v) is 16.1. The van der Waals surface area contributed by atoms with Crippen molar-refractivity contribution in [2.24, 2.45) is 0 Å². The second-order valence-corrected chi connectivity index (χ2v) is 7.52. The highest BCUT2D eigenvalue weighted by Crippen LogP contribution is 2.27. The van der Waals surface area contributed by atoms with E-state index in [1.807, 2.05) is 18.4 Å². The molecule has 3 amide bonds. The number of benzene rings is 2. The van der Waals surface area contributed by atoms with Crippen molar-refractivity contribution in [3.05, 3.63) is 64.0 Å². The third kappa shape index (κ3) is 3.81. The van der Waals surface area contributed by atoms with Crippen LogP contribution in [0.3, 0.4) is 0 Å². The van der Waals surface area contributed by atoms with Crippen LogP contribution in [0.5, 0.6) is 0 Å². The lowest BCUT2D eigenvalue weighted by Gasteiger charge is -2.17. The van der Waals surface area contributed by atoms with E-state index in [4.69, 9.17) is 0 Å². The number of rotatable bonds is 4. The molecule has 1 aliphatic heterocycles. The first kappa shape index (κ1) is 19.0. The summed E-state index contributed by atoms with van der Waals surface area (Å²) >= 11 is 1.51. The summed E-state index contributed by atoms with van der Waals surface area (Å²) in [5.41, 5.74) is 1.54. The first-order valence-corrected chi connectivity index (χ1v) is 9.68. The molecule has 0 radical (unpaired) electrons. The Morgan fingerprint density at radius 1 is 1.24 bits per heavy atom. The van der Waals surface area contributed by atoms with E-state index in [1.165, 1.54) is 11.3 Å². The molecule has 9 heteroatoms. The normalized spacial score (nSPS) is 13.5. The van der Waals surface area contributed by atoms with Crippen LogP contribution in [0.2, 0.25) is 0 Å². The number of nitrogens with zero attached hydrogens (tertiary/aromatic N) is 2. The summed E-state index contributed by atoms with van der Waals surface area (Å²) in [6, 6.07) is 8.17. The summed E-state index contributed by atoms with van der Waals surface area (Å²) in [4.78, 5) is 30.0. The molecule has 29 heavy (non-hydrogen) atoms. The van der Waals surface area contributed by atoms with Gasteiger partial charge in [-0.2, -0.15) is 0 Å². The Kier molecular flexibility index (Phi) is 4.98. The molecule has 2 N–H and O–H groups in total. The van der Waals surface area contributed by atoms with Gasteiger partial charge in [0.05, 0.1) is 22.0 Å². The zero-order valence-electron chi connectivity index (χ0n) is 15.3. The number of hydrogen-bond acceptors (Lipinski definition) is 4. The molecule has 0 aliphatic carbocycles. The molecule has 0 saturated carbocycles. The summed E-state index contributed by atoms with van der Waals surface area (Å²) < 4.78 is 28.5. The second-order valence-electron chi connectivity index (χ2n) is 6.45. The van der Waals surface area contributed by atoms with Gasteiger partial charge in [0.1, 0.15) is 11.6 Å². The monoisotopic (exact) mass is 414 g/mol. The first-order valence-electron chi connectivity index (χ1n) is 8.80. The number of thiazole rings is 1. The highest BCUT2D eigenvalue weighted by molar-refractivity contribution is 7.09. The summed E-state index contributed by atoms with van der Waals surface area (Å²) in [5, 5.41) is 7.99. The molecule has 2 aromatic carbocycles. The van der Waals surface area contributed by atoms with Crippen LogP contribution in [-0.2, 0) is 0 Å². The van der Waals surface area contributed by atoms with Crippen molar-refractivity contribution in [1.82, 2.24) is 10.3 Å². The number of aryl methyl sites for hydroxylation is 1. The van der Waals surface area contributed by atoms with Crippen molar-refractivity contribution in [2.45, 2.75) is 6.92 Å². The lowest BCUT2D eigenvalue weighted by atomic mass is 10.1. The lowest BCUT2D eigenvalue weighted by Crippen LogP contribution is -2.29. The van der Waals surface area contributed by atoms with Crippen molar-refractivity contribution >= 4 is 34.6 Å². The molecule has 1 saturated heterocycles. The predicted molar refractivity (Wildman–Crippen MR) is 107 cm³/mol. The number of urea groups is 1. The zero-order chi connectivity index (χ0) is 20.5. The van der Waals surface area contributed by atoms with Crippen molar-refractivity contribution < 1.29 is 18.4 Å².